The summed E-state index contributed by atoms with van der Waals surface area (Å²) in [7, 11) is 0. The largest absolute Gasteiger partial charge is 0.354 e. The van der Waals surface area contributed by atoms with Gasteiger partial charge in [0.1, 0.15) is 0 Å². The molecule has 0 radical (unpaired) electrons. The van der Waals surface area contributed by atoms with Gasteiger partial charge in [-0.25, -0.2) is 0 Å². The molecule has 0 aliphatic carbocycles. The molecule has 0 saturated heterocycles. The van der Waals surface area contributed by atoms with Crippen molar-refractivity contribution in [2.75, 3.05) is 0 Å². The summed E-state index contributed by atoms with van der Waals surface area (Å²) in [5.74, 6) is 0. The highest BCUT2D eigenvalue weighted by Crippen LogP contribution is 2.07. The van der Waals surface area contributed by atoms with E-state index in [0.29, 0.717) is 0 Å². The SMILES string of the molecule is CCn1ccc(C=C(C)[N+](=O)[O-])c1. The van der Waals surface area contributed by atoms with Gasteiger partial charge in [0, 0.05) is 31.9 Å². The second kappa shape index (κ2) is 3.89. The van der Waals surface area contributed by atoms with Gasteiger partial charge in [0.25, 0.3) is 0 Å². The molecule has 70 valence electrons. The van der Waals surface area contributed by atoms with Crippen molar-refractivity contribution < 1.29 is 4.92 Å². The lowest BCUT2D eigenvalue weighted by atomic mass is 10.3. The average Bonchev–Trinajstić information content (AvgIpc) is 2.52. The fraction of sp³-hybridized carbons (Fsp3) is 0.333. The number of nitro groups is 1. The highest BCUT2D eigenvalue weighted by atomic mass is 16.6. The summed E-state index contributed by atoms with van der Waals surface area (Å²) in [6.45, 7) is 4.39. The Hall–Kier alpha value is -1.58. The summed E-state index contributed by atoms with van der Waals surface area (Å²) < 4.78 is 1.97. The number of nitrogens with zero attached hydrogens (tertiary/aromatic N) is 2. The molecule has 0 bridgehead atoms. The Morgan fingerprint density at radius 1 is 1.77 bits per heavy atom. The lowest BCUT2D eigenvalue weighted by molar-refractivity contribution is -0.422. The van der Waals surface area contributed by atoms with E-state index in [9.17, 15) is 10.1 Å². The van der Waals surface area contributed by atoms with Crippen LogP contribution in [0.3, 0.4) is 0 Å². The lowest BCUT2D eigenvalue weighted by Gasteiger charge is -1.92. The summed E-state index contributed by atoms with van der Waals surface area (Å²) in [6.07, 6.45) is 5.35. The molecule has 1 aromatic rings. The molecule has 0 fully saturated rings. The van der Waals surface area contributed by atoms with Gasteiger partial charge in [-0.2, -0.15) is 0 Å². The molecular formula is C9H12N2O2. The van der Waals surface area contributed by atoms with Gasteiger partial charge < -0.3 is 4.57 Å². The molecule has 0 aliphatic rings. The van der Waals surface area contributed by atoms with Gasteiger partial charge >= 0.3 is 0 Å². The summed E-state index contributed by atoms with van der Waals surface area (Å²) in [5.41, 5.74) is 1.03. The van der Waals surface area contributed by atoms with Crippen LogP contribution in [0.2, 0.25) is 0 Å². The molecule has 0 aromatic carbocycles. The number of hydrogen-bond acceptors (Lipinski definition) is 2. The molecule has 1 aromatic heterocycles. The molecule has 1 rings (SSSR count). The maximum atomic E-state index is 10.3. The number of rotatable bonds is 3. The van der Waals surface area contributed by atoms with Gasteiger partial charge in [-0.1, -0.05) is 0 Å². The lowest BCUT2D eigenvalue weighted by Crippen LogP contribution is -1.92. The third-order valence-electron chi connectivity index (χ3n) is 1.80. The molecule has 0 aliphatic heterocycles. The van der Waals surface area contributed by atoms with E-state index in [1.54, 1.807) is 6.08 Å². The second-order valence-corrected chi connectivity index (χ2v) is 2.82. The Bertz CT molecular complexity index is 339. The van der Waals surface area contributed by atoms with Crippen LogP contribution >= 0.6 is 0 Å². The third-order valence-corrected chi connectivity index (χ3v) is 1.80. The van der Waals surface area contributed by atoms with Crippen molar-refractivity contribution in [1.29, 1.82) is 0 Å². The Morgan fingerprint density at radius 2 is 2.46 bits per heavy atom. The van der Waals surface area contributed by atoms with Crippen molar-refractivity contribution >= 4 is 6.08 Å². The minimum absolute atomic E-state index is 0.161. The Kier molecular flexibility index (Phi) is 2.84. The van der Waals surface area contributed by atoms with Crippen LogP contribution in [-0.2, 0) is 6.54 Å². The zero-order valence-electron chi connectivity index (χ0n) is 7.73. The normalized spacial score (nSPS) is 11.7. The first-order valence-corrected chi connectivity index (χ1v) is 4.12. The van der Waals surface area contributed by atoms with Crippen LogP contribution in [0.5, 0.6) is 0 Å². The molecule has 0 atom stereocenters. The first-order valence-electron chi connectivity index (χ1n) is 4.12. The van der Waals surface area contributed by atoms with E-state index in [4.69, 9.17) is 0 Å². The molecule has 1 heterocycles. The van der Waals surface area contributed by atoms with E-state index in [0.717, 1.165) is 12.1 Å². The molecular weight excluding hydrogens is 168 g/mol. The van der Waals surface area contributed by atoms with Gasteiger partial charge in [-0.3, -0.25) is 10.1 Å². The summed E-state index contributed by atoms with van der Waals surface area (Å²) in [4.78, 5) is 9.92. The van der Waals surface area contributed by atoms with Crippen molar-refractivity contribution in [1.82, 2.24) is 4.57 Å². The smallest absolute Gasteiger partial charge is 0.243 e. The third kappa shape index (κ3) is 2.43. The van der Waals surface area contributed by atoms with Gasteiger partial charge in [0.15, 0.2) is 0 Å². The number of allylic oxidation sites excluding steroid dienone is 1. The van der Waals surface area contributed by atoms with Crippen LogP contribution in [0, 0.1) is 10.1 Å². The Morgan fingerprint density at radius 3 is 2.92 bits per heavy atom. The van der Waals surface area contributed by atoms with E-state index < -0.39 is 0 Å². The molecule has 13 heavy (non-hydrogen) atoms. The van der Waals surface area contributed by atoms with Crippen LogP contribution in [0.4, 0.5) is 0 Å². The van der Waals surface area contributed by atoms with Gasteiger partial charge in [0.05, 0.1) is 4.92 Å². The highest BCUT2D eigenvalue weighted by Gasteiger charge is 2.02. The monoisotopic (exact) mass is 180 g/mol. The van der Waals surface area contributed by atoms with Crippen LogP contribution in [0.25, 0.3) is 6.08 Å². The quantitative estimate of drug-likeness (QED) is 0.528. The number of aryl methyl sites for hydroxylation is 1. The minimum atomic E-state index is -0.386. The molecule has 0 spiro atoms. The van der Waals surface area contributed by atoms with Gasteiger partial charge in [0.2, 0.25) is 5.70 Å². The van der Waals surface area contributed by atoms with E-state index in [-0.39, 0.29) is 10.6 Å². The standard InChI is InChI=1S/C9H12N2O2/c1-3-10-5-4-9(7-10)6-8(2)11(12)13/h4-7H,3H2,1-2H3. The second-order valence-electron chi connectivity index (χ2n) is 2.82. The number of hydrogen-bond donors (Lipinski definition) is 0. The van der Waals surface area contributed by atoms with Crippen molar-refractivity contribution in [3.8, 4) is 0 Å². The van der Waals surface area contributed by atoms with Crippen molar-refractivity contribution in [2.24, 2.45) is 0 Å². The van der Waals surface area contributed by atoms with Crippen LogP contribution in [0.15, 0.2) is 24.2 Å². The van der Waals surface area contributed by atoms with Crippen LogP contribution < -0.4 is 0 Å². The first-order chi connectivity index (χ1) is 6.13. The van der Waals surface area contributed by atoms with Gasteiger partial charge in [-0.05, 0) is 18.6 Å². The maximum Gasteiger partial charge on any atom is 0.243 e. The van der Waals surface area contributed by atoms with Crippen LogP contribution in [0.1, 0.15) is 19.4 Å². The molecule has 0 amide bonds. The Labute approximate surface area is 76.6 Å². The minimum Gasteiger partial charge on any atom is -0.354 e. The Balaban J connectivity index is 2.84. The molecule has 0 N–H and O–H groups in total. The summed E-state index contributed by atoms with van der Waals surface area (Å²) >= 11 is 0. The predicted molar refractivity (Wildman–Crippen MR) is 50.8 cm³/mol. The number of aromatic nitrogens is 1. The zero-order valence-corrected chi connectivity index (χ0v) is 7.73. The summed E-state index contributed by atoms with van der Waals surface area (Å²) in [6, 6.07) is 1.86. The molecule has 0 unspecified atom stereocenters. The van der Waals surface area contributed by atoms with Gasteiger partial charge in [-0.15, -0.1) is 0 Å². The fourth-order valence-corrected chi connectivity index (χ4v) is 1.04. The highest BCUT2D eigenvalue weighted by molar-refractivity contribution is 5.49. The average molecular weight is 180 g/mol. The van der Waals surface area contributed by atoms with E-state index in [1.165, 1.54) is 6.92 Å². The van der Waals surface area contributed by atoms with E-state index in [1.807, 2.05) is 30.0 Å². The van der Waals surface area contributed by atoms with Crippen molar-refractivity contribution in [3.05, 3.63) is 39.8 Å². The predicted octanol–water partition coefficient (Wildman–Crippen LogP) is 2.15. The topological polar surface area (TPSA) is 48.1 Å². The molecule has 4 heteroatoms. The molecule has 0 saturated carbocycles. The van der Waals surface area contributed by atoms with E-state index in [2.05, 4.69) is 0 Å². The zero-order chi connectivity index (χ0) is 9.84. The van der Waals surface area contributed by atoms with Crippen molar-refractivity contribution in [2.45, 2.75) is 20.4 Å². The molecule has 4 nitrogen and oxygen atoms in total. The van der Waals surface area contributed by atoms with Crippen LogP contribution in [-0.4, -0.2) is 9.49 Å². The van der Waals surface area contributed by atoms with Crippen molar-refractivity contribution in [3.63, 3.8) is 0 Å². The first kappa shape index (κ1) is 9.51. The fourth-order valence-electron chi connectivity index (χ4n) is 1.04. The van der Waals surface area contributed by atoms with E-state index >= 15 is 0 Å². The summed E-state index contributed by atoms with van der Waals surface area (Å²) in [5, 5.41) is 10.3. The maximum absolute atomic E-state index is 10.3.